The SMILES string of the molecule is CC=C(C)COc1cccc(CN(C)CC=CC#CC(C)(C)C)c1. The van der Waals surface area contributed by atoms with Crippen LogP contribution in [0.3, 0.4) is 0 Å². The highest BCUT2D eigenvalue weighted by atomic mass is 16.5. The largest absolute Gasteiger partial charge is 0.489 e. The van der Waals surface area contributed by atoms with Gasteiger partial charge in [-0.2, -0.15) is 0 Å². The van der Waals surface area contributed by atoms with E-state index in [1.54, 1.807) is 0 Å². The third-order valence-electron chi connectivity index (χ3n) is 3.38. The Balaban J connectivity index is 2.50. The molecule has 0 radical (unpaired) electrons. The van der Waals surface area contributed by atoms with Crippen LogP contribution in [0.15, 0.2) is 48.1 Å². The van der Waals surface area contributed by atoms with Crippen LogP contribution in [0.1, 0.15) is 40.2 Å². The van der Waals surface area contributed by atoms with E-state index in [-0.39, 0.29) is 5.41 Å². The Kier molecular flexibility index (Phi) is 8.36. The lowest BCUT2D eigenvalue weighted by Crippen LogP contribution is -2.17. The molecule has 0 aliphatic heterocycles. The molecule has 0 saturated carbocycles. The fourth-order valence-corrected chi connectivity index (χ4v) is 1.94. The number of hydrogen-bond donors (Lipinski definition) is 0. The predicted molar refractivity (Wildman–Crippen MR) is 104 cm³/mol. The number of allylic oxidation sites excluding steroid dienone is 2. The summed E-state index contributed by atoms with van der Waals surface area (Å²) in [5, 5.41) is 0. The summed E-state index contributed by atoms with van der Waals surface area (Å²) in [4.78, 5) is 2.26. The topological polar surface area (TPSA) is 12.5 Å². The fraction of sp³-hybridized carbons (Fsp3) is 0.455. The summed E-state index contributed by atoms with van der Waals surface area (Å²) in [5.41, 5.74) is 2.54. The Bertz CT molecular complexity index is 623. The van der Waals surface area contributed by atoms with Gasteiger partial charge >= 0.3 is 0 Å². The van der Waals surface area contributed by atoms with Crippen molar-refractivity contribution in [3.63, 3.8) is 0 Å². The Hall–Kier alpha value is -1.98. The lowest BCUT2D eigenvalue weighted by molar-refractivity contribution is 0.346. The average molecular weight is 325 g/mol. The van der Waals surface area contributed by atoms with Gasteiger partial charge in [0.1, 0.15) is 12.4 Å². The highest BCUT2D eigenvalue weighted by Gasteiger charge is 2.03. The summed E-state index contributed by atoms with van der Waals surface area (Å²) in [6.45, 7) is 12.9. The highest BCUT2D eigenvalue weighted by molar-refractivity contribution is 5.29. The third-order valence-corrected chi connectivity index (χ3v) is 3.38. The van der Waals surface area contributed by atoms with Crippen molar-refractivity contribution >= 4 is 0 Å². The molecule has 1 aromatic rings. The van der Waals surface area contributed by atoms with Crippen LogP contribution in [0.4, 0.5) is 0 Å². The van der Waals surface area contributed by atoms with E-state index in [2.05, 4.69) is 75.8 Å². The summed E-state index contributed by atoms with van der Waals surface area (Å²) < 4.78 is 5.81. The van der Waals surface area contributed by atoms with E-state index in [0.717, 1.165) is 18.8 Å². The Labute approximate surface area is 148 Å². The summed E-state index contributed by atoms with van der Waals surface area (Å²) in [7, 11) is 2.11. The number of benzene rings is 1. The van der Waals surface area contributed by atoms with E-state index in [9.17, 15) is 0 Å². The molecule has 0 aromatic heterocycles. The zero-order chi connectivity index (χ0) is 18.0. The molecule has 0 fully saturated rings. The summed E-state index contributed by atoms with van der Waals surface area (Å²) in [6, 6.07) is 8.31. The van der Waals surface area contributed by atoms with Crippen LogP contribution in [-0.4, -0.2) is 25.1 Å². The van der Waals surface area contributed by atoms with Crippen LogP contribution in [-0.2, 0) is 6.54 Å². The van der Waals surface area contributed by atoms with Gasteiger partial charge < -0.3 is 4.74 Å². The van der Waals surface area contributed by atoms with E-state index in [4.69, 9.17) is 4.74 Å². The minimum atomic E-state index is 0.0575. The van der Waals surface area contributed by atoms with E-state index < -0.39 is 0 Å². The molecular formula is C22H31NO. The van der Waals surface area contributed by atoms with Crippen molar-refractivity contribution in [1.82, 2.24) is 4.90 Å². The molecule has 2 nitrogen and oxygen atoms in total. The molecule has 0 heterocycles. The second kappa shape index (κ2) is 10.0. The molecule has 0 N–H and O–H groups in total. The molecule has 0 saturated heterocycles. The van der Waals surface area contributed by atoms with Gasteiger partial charge in [-0.1, -0.05) is 36.1 Å². The Morgan fingerprint density at radius 2 is 2.04 bits per heavy atom. The van der Waals surface area contributed by atoms with Crippen LogP contribution in [0.25, 0.3) is 0 Å². The van der Waals surface area contributed by atoms with Crippen LogP contribution in [0, 0.1) is 17.3 Å². The van der Waals surface area contributed by atoms with Crippen molar-refractivity contribution in [3.8, 4) is 17.6 Å². The maximum Gasteiger partial charge on any atom is 0.120 e. The minimum Gasteiger partial charge on any atom is -0.489 e. The number of nitrogens with zero attached hydrogens (tertiary/aromatic N) is 1. The first-order valence-electron chi connectivity index (χ1n) is 8.50. The Morgan fingerprint density at radius 1 is 1.29 bits per heavy atom. The lowest BCUT2D eigenvalue weighted by atomic mass is 9.98. The van der Waals surface area contributed by atoms with Gasteiger partial charge in [-0.15, -0.1) is 0 Å². The van der Waals surface area contributed by atoms with Crippen molar-refractivity contribution in [1.29, 1.82) is 0 Å². The molecule has 0 amide bonds. The first kappa shape index (κ1) is 20.1. The first-order valence-corrected chi connectivity index (χ1v) is 8.50. The monoisotopic (exact) mass is 325 g/mol. The van der Waals surface area contributed by atoms with Crippen LogP contribution < -0.4 is 4.74 Å². The third kappa shape index (κ3) is 9.22. The highest BCUT2D eigenvalue weighted by Crippen LogP contribution is 2.15. The maximum absolute atomic E-state index is 5.81. The lowest BCUT2D eigenvalue weighted by Gasteiger charge is -2.15. The van der Waals surface area contributed by atoms with E-state index in [0.29, 0.717) is 6.61 Å². The van der Waals surface area contributed by atoms with Crippen molar-refractivity contribution in [3.05, 3.63) is 53.6 Å². The molecule has 0 spiro atoms. The van der Waals surface area contributed by atoms with Gasteiger partial charge in [0.2, 0.25) is 0 Å². The molecule has 1 aromatic carbocycles. The zero-order valence-corrected chi connectivity index (χ0v) is 16.0. The number of rotatable bonds is 7. The number of hydrogen-bond acceptors (Lipinski definition) is 2. The Morgan fingerprint density at radius 3 is 2.71 bits per heavy atom. The second-order valence-electron chi connectivity index (χ2n) is 7.19. The summed E-state index contributed by atoms with van der Waals surface area (Å²) >= 11 is 0. The van der Waals surface area contributed by atoms with Gasteiger partial charge in [0.15, 0.2) is 0 Å². The molecule has 2 heteroatoms. The summed E-state index contributed by atoms with van der Waals surface area (Å²) in [5.74, 6) is 7.23. The zero-order valence-electron chi connectivity index (χ0n) is 16.0. The quantitative estimate of drug-likeness (QED) is 0.512. The van der Waals surface area contributed by atoms with Crippen molar-refractivity contribution in [2.75, 3.05) is 20.2 Å². The molecule has 0 unspecified atom stereocenters. The van der Waals surface area contributed by atoms with Crippen molar-refractivity contribution in [2.24, 2.45) is 5.41 Å². The molecule has 0 aliphatic rings. The van der Waals surface area contributed by atoms with E-state index in [1.165, 1.54) is 11.1 Å². The molecular weight excluding hydrogens is 294 g/mol. The van der Waals surface area contributed by atoms with E-state index in [1.807, 2.05) is 25.1 Å². The molecule has 0 aliphatic carbocycles. The molecule has 0 bridgehead atoms. The van der Waals surface area contributed by atoms with Crippen molar-refractivity contribution < 1.29 is 4.74 Å². The fourth-order valence-electron chi connectivity index (χ4n) is 1.94. The molecule has 1 rings (SSSR count). The van der Waals surface area contributed by atoms with Crippen LogP contribution in [0.5, 0.6) is 5.75 Å². The standard InChI is InChI=1S/C22H31NO/c1-7-19(2)18-24-21-13-11-12-20(16-21)17-23(6)15-10-8-9-14-22(3,4)5/h7-8,10-13,16H,15,17-18H2,1-6H3. The number of ether oxygens (including phenoxy) is 1. The average Bonchev–Trinajstić information content (AvgIpc) is 2.51. The summed E-state index contributed by atoms with van der Waals surface area (Å²) in [6.07, 6.45) is 6.13. The van der Waals surface area contributed by atoms with Gasteiger partial charge in [0.05, 0.1) is 0 Å². The van der Waals surface area contributed by atoms with E-state index >= 15 is 0 Å². The van der Waals surface area contributed by atoms with Gasteiger partial charge in [-0.05, 0) is 71.0 Å². The predicted octanol–water partition coefficient (Wildman–Crippen LogP) is 5.07. The maximum atomic E-state index is 5.81. The van der Waals surface area contributed by atoms with Gasteiger partial charge in [-0.3, -0.25) is 4.90 Å². The number of likely N-dealkylation sites (N-methyl/N-ethyl adjacent to an activating group) is 1. The smallest absolute Gasteiger partial charge is 0.120 e. The molecule has 24 heavy (non-hydrogen) atoms. The molecule has 0 atom stereocenters. The van der Waals surface area contributed by atoms with Crippen molar-refractivity contribution in [2.45, 2.75) is 41.2 Å². The minimum absolute atomic E-state index is 0.0575. The van der Waals surface area contributed by atoms with Crippen LogP contribution in [0.2, 0.25) is 0 Å². The van der Waals surface area contributed by atoms with Gasteiger partial charge in [0.25, 0.3) is 0 Å². The van der Waals surface area contributed by atoms with Gasteiger partial charge in [0, 0.05) is 18.5 Å². The van der Waals surface area contributed by atoms with Crippen LogP contribution >= 0.6 is 0 Å². The normalized spacial score (nSPS) is 12.4. The van der Waals surface area contributed by atoms with Gasteiger partial charge in [-0.25, -0.2) is 0 Å². The second-order valence-corrected chi connectivity index (χ2v) is 7.19. The first-order chi connectivity index (χ1) is 11.3. The molecule has 130 valence electrons.